The molecule has 3 saturated carbocycles. The van der Waals surface area contributed by atoms with Crippen molar-refractivity contribution < 1.29 is 14.6 Å². The molecule has 2 aromatic heterocycles. The average Bonchev–Trinajstić information content (AvgIpc) is 3.84. The van der Waals surface area contributed by atoms with E-state index < -0.39 is 5.97 Å². The number of anilines is 2. The molecular formula is C41H48N6O3S2. The number of fused-ring (bicyclic) bond motifs is 5. The van der Waals surface area contributed by atoms with Crippen LogP contribution in [0.4, 0.5) is 10.7 Å². The number of nitrogens with zero attached hydrogens (tertiary/aromatic N) is 4. The summed E-state index contributed by atoms with van der Waals surface area (Å²) in [6, 6.07) is 19.5. The predicted molar refractivity (Wildman–Crippen MR) is 210 cm³/mol. The van der Waals surface area contributed by atoms with Crippen LogP contribution >= 0.6 is 23.1 Å². The number of thioether (sulfide) groups is 1. The van der Waals surface area contributed by atoms with E-state index in [9.17, 15) is 9.90 Å². The van der Waals surface area contributed by atoms with Crippen molar-refractivity contribution in [2.24, 2.45) is 33.7 Å². The van der Waals surface area contributed by atoms with Crippen LogP contribution in [0.5, 0.6) is 0 Å². The summed E-state index contributed by atoms with van der Waals surface area (Å²) in [5.41, 5.74) is 15.6. The van der Waals surface area contributed by atoms with Crippen molar-refractivity contribution in [2.45, 2.75) is 89.3 Å². The number of nitrogens with one attached hydrogen (secondary N) is 1. The van der Waals surface area contributed by atoms with Gasteiger partial charge in [-0.25, -0.2) is 4.79 Å². The lowest BCUT2D eigenvalue weighted by Gasteiger charge is -2.58. The molecule has 7 atom stereocenters. The van der Waals surface area contributed by atoms with Crippen LogP contribution in [-0.2, 0) is 9.53 Å². The number of ether oxygens (including phenoxy) is 1. The Labute approximate surface area is 314 Å². The van der Waals surface area contributed by atoms with Crippen molar-refractivity contribution in [3.05, 3.63) is 83.3 Å². The van der Waals surface area contributed by atoms with Gasteiger partial charge < -0.3 is 15.6 Å². The van der Waals surface area contributed by atoms with E-state index in [1.165, 1.54) is 30.4 Å². The van der Waals surface area contributed by atoms with Crippen LogP contribution in [0, 0.1) is 28.6 Å². The summed E-state index contributed by atoms with van der Waals surface area (Å²) >= 11 is 2.70. The lowest BCUT2D eigenvalue weighted by molar-refractivity contribution is -0.134. The molecule has 0 spiro atoms. The van der Waals surface area contributed by atoms with Gasteiger partial charge in [0.25, 0.3) is 0 Å². The summed E-state index contributed by atoms with van der Waals surface area (Å²) in [6.07, 6.45) is 11.0. The molecule has 4 aromatic rings. The van der Waals surface area contributed by atoms with Crippen LogP contribution in [0.15, 0.2) is 88.0 Å². The predicted octanol–water partition coefficient (Wildman–Crippen LogP) is 9.07. The third-order valence-corrected chi connectivity index (χ3v) is 14.6. The number of nitrogen functional groups attached to an aromatic ring is 1. The van der Waals surface area contributed by atoms with Gasteiger partial charge >= 0.3 is 5.97 Å². The number of hydrazone groups is 1. The molecule has 0 amide bonds. The van der Waals surface area contributed by atoms with Gasteiger partial charge in [0.05, 0.1) is 29.0 Å². The van der Waals surface area contributed by atoms with E-state index in [0.717, 1.165) is 65.8 Å². The number of carbonyl (C=O) groups is 1. The highest BCUT2D eigenvalue weighted by Gasteiger charge is 2.59. The van der Waals surface area contributed by atoms with Gasteiger partial charge in [0.2, 0.25) is 10.2 Å². The van der Waals surface area contributed by atoms with Gasteiger partial charge in [-0.15, -0.1) is 21.5 Å². The molecule has 8 rings (SSSR count). The van der Waals surface area contributed by atoms with E-state index in [0.29, 0.717) is 34.7 Å². The number of aliphatic hydroxyl groups is 1. The van der Waals surface area contributed by atoms with Gasteiger partial charge in [-0.2, -0.15) is 5.10 Å². The number of carbonyl (C=O) groups excluding carboxylic acids is 1. The van der Waals surface area contributed by atoms with Crippen molar-refractivity contribution in [1.29, 1.82) is 0 Å². The SMILES string of the molecule is CCOC(=O)/C(=N\Nc1ccccc1)Sc1nnc(-c2c([C@H]3CC[C@H]4[C@@H]5CC=C6CC(O)CC[C@]6(C)[C@H]5CC[C@]34C)csc2N)n1-c1ccccc1. The number of hydrogen-bond acceptors (Lipinski definition) is 10. The van der Waals surface area contributed by atoms with Crippen LogP contribution in [-0.4, -0.2) is 43.6 Å². The minimum absolute atomic E-state index is 0.120. The number of hydrogen-bond donors (Lipinski definition) is 3. The first kappa shape index (κ1) is 35.1. The molecule has 272 valence electrons. The van der Waals surface area contributed by atoms with Gasteiger partial charge in [0.1, 0.15) is 0 Å². The summed E-state index contributed by atoms with van der Waals surface area (Å²) in [5.74, 6) is 2.44. The number of para-hydroxylation sites is 2. The molecule has 4 aliphatic carbocycles. The Bertz CT molecular complexity index is 1990. The first-order chi connectivity index (χ1) is 25.2. The van der Waals surface area contributed by atoms with Gasteiger partial charge in [-0.05, 0) is 140 Å². The van der Waals surface area contributed by atoms with Crippen molar-refractivity contribution in [3.8, 4) is 17.1 Å². The van der Waals surface area contributed by atoms with E-state index >= 15 is 0 Å². The Balaban J connectivity index is 1.15. The summed E-state index contributed by atoms with van der Waals surface area (Å²) in [4.78, 5) is 13.2. The van der Waals surface area contributed by atoms with E-state index in [4.69, 9.17) is 15.6 Å². The molecule has 3 fully saturated rings. The summed E-state index contributed by atoms with van der Waals surface area (Å²) < 4.78 is 7.41. The fourth-order valence-corrected chi connectivity index (χ4v) is 12.0. The van der Waals surface area contributed by atoms with E-state index in [1.807, 2.05) is 65.2 Å². The summed E-state index contributed by atoms with van der Waals surface area (Å²) in [7, 11) is 0. The minimum atomic E-state index is -0.542. The number of benzene rings is 2. The maximum atomic E-state index is 13.2. The van der Waals surface area contributed by atoms with Crippen molar-refractivity contribution in [3.63, 3.8) is 0 Å². The first-order valence-electron chi connectivity index (χ1n) is 18.7. The third-order valence-electron chi connectivity index (χ3n) is 12.9. The van der Waals surface area contributed by atoms with Gasteiger partial charge in [-0.1, -0.05) is 61.9 Å². The number of aliphatic hydroxyl groups excluding tert-OH is 1. The molecule has 4 aliphatic rings. The zero-order chi connectivity index (χ0) is 36.0. The van der Waals surface area contributed by atoms with Crippen LogP contribution in [0.1, 0.15) is 83.6 Å². The average molecular weight is 737 g/mol. The Morgan fingerprint density at radius 3 is 2.60 bits per heavy atom. The van der Waals surface area contributed by atoms with Crippen LogP contribution in [0.2, 0.25) is 0 Å². The quantitative estimate of drug-likeness (QED) is 0.0428. The number of aromatic nitrogens is 3. The van der Waals surface area contributed by atoms with Crippen LogP contribution < -0.4 is 11.2 Å². The summed E-state index contributed by atoms with van der Waals surface area (Å²) in [5, 5.41) is 28.1. The number of nitrogens with two attached hydrogens (primary N) is 1. The van der Waals surface area contributed by atoms with Gasteiger partial charge in [0.15, 0.2) is 5.82 Å². The fourth-order valence-electron chi connectivity index (χ4n) is 10.4. The standard InChI is InChI=1S/C41H48N6O3S2/c1-4-50-38(49)37(45-43-26-11-7-5-8-12-26)52-39-46-44-36(47(39)27-13-9-6-10-14-27)34-30(24-51-35(34)42)32-18-17-31-29-16-15-25-23-28(48)19-21-40(25,2)33(29)20-22-41(31,32)3/h5-15,24,28-29,31-33,43,48H,4,16-23,42H2,1-3H3/b45-37+/t28?,29-,31-,32+,33-,40-,41-/m0/s1. The largest absolute Gasteiger partial charge is 0.461 e. The van der Waals surface area contributed by atoms with Gasteiger partial charge in [0, 0.05) is 5.69 Å². The Morgan fingerprint density at radius 2 is 1.83 bits per heavy atom. The van der Waals surface area contributed by atoms with Crippen LogP contribution in [0.25, 0.3) is 17.1 Å². The molecule has 0 radical (unpaired) electrons. The molecule has 52 heavy (non-hydrogen) atoms. The Kier molecular flexibility index (Phi) is 9.55. The normalized spacial score (nSPS) is 29.8. The second-order valence-corrected chi connectivity index (χ2v) is 17.3. The summed E-state index contributed by atoms with van der Waals surface area (Å²) in [6.45, 7) is 7.04. The number of allylic oxidation sites excluding steroid dienone is 1. The number of rotatable bonds is 7. The molecule has 11 heteroatoms. The van der Waals surface area contributed by atoms with E-state index in [-0.39, 0.29) is 28.6 Å². The molecule has 0 saturated heterocycles. The second-order valence-electron chi connectivity index (χ2n) is 15.5. The zero-order valence-electron chi connectivity index (χ0n) is 30.1. The monoisotopic (exact) mass is 736 g/mol. The molecule has 4 N–H and O–H groups in total. The molecule has 2 aromatic carbocycles. The highest BCUT2D eigenvalue weighted by Crippen LogP contribution is 2.68. The fraction of sp³-hybridized carbons (Fsp3) is 0.463. The minimum Gasteiger partial charge on any atom is -0.461 e. The lowest BCUT2D eigenvalue weighted by atomic mass is 9.47. The van der Waals surface area contributed by atoms with E-state index in [2.05, 4.69) is 40.9 Å². The molecule has 2 heterocycles. The molecular weight excluding hydrogens is 689 g/mol. The smallest absolute Gasteiger partial charge is 0.365 e. The zero-order valence-corrected chi connectivity index (χ0v) is 31.8. The number of thiophene rings is 1. The van der Waals surface area contributed by atoms with Crippen LogP contribution in [0.3, 0.4) is 0 Å². The first-order valence-corrected chi connectivity index (χ1v) is 20.4. The maximum Gasteiger partial charge on any atom is 0.365 e. The van der Waals surface area contributed by atoms with Gasteiger partial charge in [-0.3, -0.25) is 9.99 Å². The Morgan fingerprint density at radius 1 is 1.06 bits per heavy atom. The molecule has 1 unspecified atom stereocenters. The lowest BCUT2D eigenvalue weighted by Crippen LogP contribution is -2.50. The van der Waals surface area contributed by atoms with E-state index in [1.54, 1.807) is 18.3 Å². The topological polar surface area (TPSA) is 128 Å². The third kappa shape index (κ3) is 6.08. The van der Waals surface area contributed by atoms with Crippen molar-refractivity contribution in [1.82, 2.24) is 14.8 Å². The molecule has 0 aliphatic heterocycles. The molecule has 9 nitrogen and oxygen atoms in total. The van der Waals surface area contributed by atoms with Crippen molar-refractivity contribution in [2.75, 3.05) is 17.8 Å². The highest BCUT2D eigenvalue weighted by molar-refractivity contribution is 8.15. The van der Waals surface area contributed by atoms with Crippen molar-refractivity contribution >= 4 is 44.8 Å². The highest BCUT2D eigenvalue weighted by atomic mass is 32.2. The number of esters is 1. The second kappa shape index (κ2) is 14.1. The Hall–Kier alpha value is -3.93. The maximum absolute atomic E-state index is 13.2. The molecule has 0 bridgehead atoms.